The van der Waals surface area contributed by atoms with Crippen LogP contribution in [0.5, 0.6) is 0 Å². The van der Waals surface area contributed by atoms with E-state index >= 15 is 0 Å². The molecular formula is C32H39NO. The Bertz CT molecular complexity index is 1290. The fraction of sp³-hybridized carbons (Fsp3) is 0.406. The Balaban J connectivity index is 1.77. The second kappa shape index (κ2) is 8.73. The number of benzene rings is 2. The minimum atomic E-state index is -0.178. The van der Waals surface area contributed by atoms with Gasteiger partial charge >= 0.3 is 0 Å². The Morgan fingerprint density at radius 1 is 0.853 bits per heavy atom. The van der Waals surface area contributed by atoms with E-state index in [9.17, 15) is 4.79 Å². The summed E-state index contributed by atoms with van der Waals surface area (Å²) < 4.78 is 2.32. The van der Waals surface area contributed by atoms with Crippen molar-refractivity contribution in [1.29, 1.82) is 0 Å². The lowest BCUT2D eigenvalue weighted by atomic mass is 9.68. The minimum absolute atomic E-state index is 0.110. The summed E-state index contributed by atoms with van der Waals surface area (Å²) in [6.07, 6.45) is 12.7. The molecule has 1 aliphatic rings. The molecule has 1 aliphatic carbocycles. The van der Waals surface area contributed by atoms with E-state index in [1.54, 1.807) is 0 Å². The van der Waals surface area contributed by atoms with E-state index < -0.39 is 0 Å². The first kappa shape index (κ1) is 24.3. The van der Waals surface area contributed by atoms with Gasteiger partial charge in [0.25, 0.3) is 0 Å². The fourth-order valence-corrected chi connectivity index (χ4v) is 5.24. The number of rotatable bonds is 4. The zero-order chi connectivity index (χ0) is 24.7. The van der Waals surface area contributed by atoms with Crippen molar-refractivity contribution in [2.24, 2.45) is 22.2 Å². The van der Waals surface area contributed by atoms with Crippen molar-refractivity contribution in [1.82, 2.24) is 4.57 Å². The van der Waals surface area contributed by atoms with Crippen LogP contribution in [-0.4, -0.2) is 4.57 Å². The number of nitrogens with zero attached hydrogens (tertiary/aromatic N) is 1. The maximum absolute atomic E-state index is 13.1. The molecule has 2 unspecified atom stereocenters. The van der Waals surface area contributed by atoms with E-state index in [4.69, 9.17) is 0 Å². The highest BCUT2D eigenvalue weighted by Gasteiger charge is 2.32. The summed E-state index contributed by atoms with van der Waals surface area (Å²) in [4.78, 5) is 13.1. The number of hydrogen-bond acceptors (Lipinski definition) is 1. The van der Waals surface area contributed by atoms with Gasteiger partial charge < -0.3 is 4.57 Å². The average molecular weight is 454 g/mol. The molecule has 0 aliphatic heterocycles. The van der Waals surface area contributed by atoms with E-state index in [-0.39, 0.29) is 21.7 Å². The van der Waals surface area contributed by atoms with Crippen LogP contribution in [0.15, 0.2) is 89.3 Å². The number of pyridine rings is 1. The Kier molecular flexibility index (Phi) is 6.23. The number of hydrogen-bond donors (Lipinski definition) is 0. The van der Waals surface area contributed by atoms with E-state index in [1.165, 1.54) is 5.57 Å². The predicted octanol–water partition coefficient (Wildman–Crippen LogP) is 8.31. The molecule has 0 spiro atoms. The summed E-state index contributed by atoms with van der Waals surface area (Å²) in [7, 11) is 0. The second-order valence-corrected chi connectivity index (χ2v) is 12.5. The zero-order valence-corrected chi connectivity index (χ0v) is 21.9. The van der Waals surface area contributed by atoms with E-state index in [1.807, 2.05) is 36.4 Å². The number of allylic oxidation sites excluding steroid dienone is 6. The van der Waals surface area contributed by atoms with Crippen molar-refractivity contribution in [3.8, 4) is 0 Å². The van der Waals surface area contributed by atoms with Crippen molar-refractivity contribution in [3.05, 3.63) is 94.7 Å². The third-order valence-electron chi connectivity index (χ3n) is 7.06. The van der Waals surface area contributed by atoms with Crippen LogP contribution in [0.4, 0.5) is 0 Å². The van der Waals surface area contributed by atoms with Gasteiger partial charge in [0.05, 0.1) is 11.0 Å². The fourth-order valence-electron chi connectivity index (χ4n) is 5.24. The molecule has 1 heterocycles. The van der Waals surface area contributed by atoms with Gasteiger partial charge in [-0.25, -0.2) is 0 Å². The molecule has 0 N–H and O–H groups in total. The highest BCUT2D eigenvalue weighted by molar-refractivity contribution is 5.93. The molecular weight excluding hydrogens is 414 g/mol. The summed E-state index contributed by atoms with van der Waals surface area (Å²) in [5, 5.41) is 1.56. The smallest absolute Gasteiger partial charge is 0.197 e. The first-order chi connectivity index (χ1) is 15.9. The van der Waals surface area contributed by atoms with Gasteiger partial charge in [0.2, 0.25) is 0 Å². The van der Waals surface area contributed by atoms with Gasteiger partial charge in [-0.1, -0.05) is 103 Å². The van der Waals surface area contributed by atoms with Gasteiger partial charge in [-0.2, -0.15) is 0 Å². The summed E-state index contributed by atoms with van der Waals surface area (Å²) in [6.45, 7) is 17.1. The third kappa shape index (κ3) is 4.97. The van der Waals surface area contributed by atoms with Crippen molar-refractivity contribution < 1.29 is 0 Å². The lowest BCUT2D eigenvalue weighted by molar-refractivity contribution is 0.199. The van der Waals surface area contributed by atoms with Crippen LogP contribution in [0.3, 0.4) is 0 Å². The summed E-state index contributed by atoms with van der Waals surface area (Å²) >= 11 is 0. The third-order valence-corrected chi connectivity index (χ3v) is 7.06. The molecule has 2 nitrogen and oxygen atoms in total. The zero-order valence-electron chi connectivity index (χ0n) is 21.9. The molecule has 3 aromatic rings. The quantitative estimate of drug-likeness (QED) is 0.364. The molecule has 2 atom stereocenters. The molecule has 0 amide bonds. The van der Waals surface area contributed by atoms with Crippen molar-refractivity contribution in [3.63, 3.8) is 0 Å². The Morgan fingerprint density at radius 2 is 1.41 bits per heavy atom. The topological polar surface area (TPSA) is 22.0 Å². The lowest BCUT2D eigenvalue weighted by Crippen LogP contribution is -2.27. The number of para-hydroxylation sites is 2. The lowest BCUT2D eigenvalue weighted by Gasteiger charge is -2.36. The first-order valence-electron chi connectivity index (χ1n) is 12.5. The molecule has 178 valence electrons. The predicted molar refractivity (Wildman–Crippen MR) is 147 cm³/mol. The van der Waals surface area contributed by atoms with Crippen LogP contribution in [0, 0.1) is 22.2 Å². The van der Waals surface area contributed by atoms with Gasteiger partial charge in [0.15, 0.2) is 5.43 Å². The van der Waals surface area contributed by atoms with Crippen molar-refractivity contribution in [2.75, 3.05) is 0 Å². The van der Waals surface area contributed by atoms with Crippen molar-refractivity contribution >= 4 is 21.8 Å². The van der Waals surface area contributed by atoms with Gasteiger partial charge in [-0.3, -0.25) is 4.79 Å². The molecule has 0 fully saturated rings. The van der Waals surface area contributed by atoms with Gasteiger partial charge in [-0.05, 0) is 53.0 Å². The minimum Gasteiger partial charge on any atom is -0.339 e. The number of aromatic nitrogens is 1. The second-order valence-electron chi connectivity index (χ2n) is 12.5. The van der Waals surface area contributed by atoms with Crippen molar-refractivity contribution in [2.45, 2.75) is 61.4 Å². The van der Waals surface area contributed by atoms with Crippen LogP contribution < -0.4 is 5.43 Å². The van der Waals surface area contributed by atoms with Crippen LogP contribution >= 0.6 is 0 Å². The largest absolute Gasteiger partial charge is 0.339 e. The molecule has 2 aromatic carbocycles. The molecule has 2 heteroatoms. The summed E-state index contributed by atoms with van der Waals surface area (Å²) in [5.41, 5.74) is 3.76. The monoisotopic (exact) mass is 453 g/mol. The first-order valence-corrected chi connectivity index (χ1v) is 12.5. The van der Waals surface area contributed by atoms with Gasteiger partial charge in [-0.15, -0.1) is 0 Å². The average Bonchev–Trinajstić information content (AvgIpc) is 2.95. The summed E-state index contributed by atoms with van der Waals surface area (Å²) in [6, 6.07) is 16.0. The Hall–Kier alpha value is -2.87. The van der Waals surface area contributed by atoms with Gasteiger partial charge in [0.1, 0.15) is 0 Å². The molecule has 0 radical (unpaired) electrons. The SMILES string of the molecule is CC(C)(C)CC(C1=CC=CC(C)(Cn2c3ccccc3c(=O)c3ccccc32)C=C1)C(C)(C)C. The Morgan fingerprint density at radius 3 is 1.94 bits per heavy atom. The van der Waals surface area contributed by atoms with Crippen LogP contribution in [-0.2, 0) is 6.54 Å². The molecule has 4 rings (SSSR count). The highest BCUT2D eigenvalue weighted by Crippen LogP contribution is 2.42. The van der Waals surface area contributed by atoms with Crippen LogP contribution in [0.25, 0.3) is 21.8 Å². The number of fused-ring (bicyclic) bond motifs is 2. The highest BCUT2D eigenvalue weighted by atomic mass is 16.1. The van der Waals surface area contributed by atoms with Crippen LogP contribution in [0.1, 0.15) is 54.9 Å². The van der Waals surface area contributed by atoms with Gasteiger partial charge in [0, 0.05) is 22.7 Å². The maximum Gasteiger partial charge on any atom is 0.197 e. The maximum atomic E-state index is 13.1. The molecule has 0 saturated carbocycles. The molecule has 1 aromatic heterocycles. The van der Waals surface area contributed by atoms with E-state index in [0.717, 1.165) is 34.8 Å². The standard InChI is InChI=1S/C32H39NO/c1-30(2,3)21-26(31(4,5)6)23-13-12-19-32(7,20-18-23)22-33-27-16-10-8-14-24(27)29(34)25-15-9-11-17-28(25)33/h8-20,26H,21-22H2,1-7H3. The molecule has 0 saturated heterocycles. The summed E-state index contributed by atoms with van der Waals surface area (Å²) in [5.74, 6) is 0.477. The molecule has 0 bridgehead atoms. The van der Waals surface area contributed by atoms with E-state index in [0.29, 0.717) is 5.92 Å². The van der Waals surface area contributed by atoms with E-state index in [2.05, 4.69) is 95.5 Å². The normalized spacial score (nSPS) is 19.9. The Labute approximate surface area is 204 Å². The van der Waals surface area contributed by atoms with Crippen LogP contribution in [0.2, 0.25) is 0 Å². The molecule has 34 heavy (non-hydrogen) atoms.